The third-order valence-electron chi connectivity index (χ3n) is 6.40. The van der Waals surface area contributed by atoms with E-state index in [2.05, 4.69) is 25.3 Å². The van der Waals surface area contributed by atoms with Crippen LogP contribution in [0.3, 0.4) is 0 Å². The summed E-state index contributed by atoms with van der Waals surface area (Å²) in [6.45, 7) is 12.0. The fourth-order valence-electron chi connectivity index (χ4n) is 4.76. The van der Waals surface area contributed by atoms with Crippen molar-refractivity contribution >= 4 is 35.0 Å². The van der Waals surface area contributed by atoms with E-state index in [0.717, 1.165) is 22.5 Å². The molecule has 0 spiro atoms. The topological polar surface area (TPSA) is 108 Å². The SMILES string of the molecule is Cc1cn2nc(NC(=O)N3CCc4c(N5CCN(C(=O)OC(C)(C)C)[C@@H](C)C5)ccnc43)cc2cn1. The number of hydrogen-bond donors (Lipinski definition) is 1. The molecular weight excluding hydrogens is 460 g/mol. The minimum atomic E-state index is -0.525. The number of aryl methyl sites for hydroxylation is 1. The van der Waals surface area contributed by atoms with Gasteiger partial charge in [-0.3, -0.25) is 15.2 Å². The molecule has 2 aliphatic rings. The second-order valence-electron chi connectivity index (χ2n) is 10.4. The standard InChI is InChI=1S/C25H32N8O3/c1-16-14-33-18(13-27-16)12-21(29-33)28-23(34)32-9-7-19-20(6-8-26-22(19)32)30-10-11-31(17(2)15-30)24(35)36-25(3,4)5/h6,8,12-14,17H,7,9-11,15H2,1-5H3,(H,28,29,34)/t17-/m0/s1. The van der Waals surface area contributed by atoms with Gasteiger partial charge in [0.05, 0.1) is 23.6 Å². The smallest absolute Gasteiger partial charge is 0.410 e. The second kappa shape index (κ2) is 8.96. The van der Waals surface area contributed by atoms with Gasteiger partial charge in [-0.05, 0) is 47.1 Å². The Morgan fingerprint density at radius 1 is 1.17 bits per heavy atom. The van der Waals surface area contributed by atoms with E-state index in [-0.39, 0.29) is 18.2 Å². The first-order chi connectivity index (χ1) is 17.1. The van der Waals surface area contributed by atoms with Gasteiger partial charge in [0.15, 0.2) is 5.82 Å². The lowest BCUT2D eigenvalue weighted by atomic mass is 10.1. The Bertz CT molecular complexity index is 1310. The van der Waals surface area contributed by atoms with Crippen molar-refractivity contribution < 1.29 is 14.3 Å². The van der Waals surface area contributed by atoms with E-state index in [1.807, 2.05) is 46.9 Å². The molecule has 0 radical (unpaired) electrons. The van der Waals surface area contributed by atoms with Crippen LogP contribution in [0.1, 0.15) is 39.0 Å². The average molecular weight is 493 g/mol. The monoisotopic (exact) mass is 492 g/mol. The number of pyridine rings is 1. The van der Waals surface area contributed by atoms with Gasteiger partial charge in [-0.2, -0.15) is 0 Å². The summed E-state index contributed by atoms with van der Waals surface area (Å²) in [4.78, 5) is 40.3. The Hall–Kier alpha value is -3.89. The van der Waals surface area contributed by atoms with Crippen molar-refractivity contribution in [1.82, 2.24) is 24.5 Å². The Labute approximate surface area is 210 Å². The minimum absolute atomic E-state index is 0.00797. The number of ether oxygens (including phenoxy) is 1. The molecule has 36 heavy (non-hydrogen) atoms. The first-order valence-electron chi connectivity index (χ1n) is 12.2. The first kappa shape index (κ1) is 23.8. The van der Waals surface area contributed by atoms with E-state index >= 15 is 0 Å². The highest BCUT2D eigenvalue weighted by Crippen LogP contribution is 2.35. The number of nitrogens with zero attached hydrogens (tertiary/aromatic N) is 7. The average Bonchev–Trinajstić information content (AvgIpc) is 3.40. The molecule has 2 aliphatic heterocycles. The fourth-order valence-corrected chi connectivity index (χ4v) is 4.76. The Balaban J connectivity index is 1.29. The van der Waals surface area contributed by atoms with Crippen LogP contribution in [0.15, 0.2) is 30.7 Å². The predicted molar refractivity (Wildman–Crippen MR) is 137 cm³/mol. The zero-order valence-electron chi connectivity index (χ0n) is 21.4. The molecule has 0 saturated carbocycles. The number of carbonyl (C=O) groups is 2. The molecular formula is C25H32N8O3. The summed E-state index contributed by atoms with van der Waals surface area (Å²) < 4.78 is 7.27. The Morgan fingerprint density at radius 2 is 1.97 bits per heavy atom. The number of rotatable bonds is 2. The van der Waals surface area contributed by atoms with Gasteiger partial charge in [-0.25, -0.2) is 19.1 Å². The number of anilines is 3. The molecule has 1 fully saturated rings. The van der Waals surface area contributed by atoms with Gasteiger partial charge in [-0.15, -0.1) is 5.10 Å². The summed E-state index contributed by atoms with van der Waals surface area (Å²) >= 11 is 0. The summed E-state index contributed by atoms with van der Waals surface area (Å²) in [5.41, 5.74) is 3.22. The van der Waals surface area contributed by atoms with Crippen LogP contribution >= 0.6 is 0 Å². The van der Waals surface area contributed by atoms with E-state index < -0.39 is 5.60 Å². The maximum Gasteiger partial charge on any atom is 0.410 e. The zero-order valence-corrected chi connectivity index (χ0v) is 21.4. The molecule has 11 nitrogen and oxygen atoms in total. The third-order valence-corrected chi connectivity index (χ3v) is 6.40. The van der Waals surface area contributed by atoms with Crippen LogP contribution in [0.25, 0.3) is 5.52 Å². The quantitative estimate of drug-likeness (QED) is 0.583. The summed E-state index contributed by atoms with van der Waals surface area (Å²) in [6.07, 6.45) is 5.70. The van der Waals surface area contributed by atoms with E-state index in [0.29, 0.717) is 44.2 Å². The zero-order chi connectivity index (χ0) is 25.6. The Morgan fingerprint density at radius 3 is 2.72 bits per heavy atom. The van der Waals surface area contributed by atoms with Gasteiger partial charge < -0.3 is 14.5 Å². The van der Waals surface area contributed by atoms with E-state index in [4.69, 9.17) is 4.74 Å². The molecule has 0 aliphatic carbocycles. The van der Waals surface area contributed by atoms with Crippen molar-refractivity contribution in [2.75, 3.05) is 41.3 Å². The van der Waals surface area contributed by atoms with Crippen molar-refractivity contribution in [3.63, 3.8) is 0 Å². The Kier molecular flexibility index (Phi) is 5.93. The summed E-state index contributed by atoms with van der Waals surface area (Å²) in [5, 5.41) is 7.32. The van der Waals surface area contributed by atoms with Crippen LogP contribution in [0.5, 0.6) is 0 Å². The van der Waals surface area contributed by atoms with Crippen molar-refractivity contribution in [2.45, 2.75) is 52.7 Å². The number of nitrogens with one attached hydrogen (secondary N) is 1. The number of urea groups is 1. The lowest BCUT2D eigenvalue weighted by Gasteiger charge is -2.41. The van der Waals surface area contributed by atoms with E-state index in [9.17, 15) is 9.59 Å². The van der Waals surface area contributed by atoms with Crippen LogP contribution in [-0.2, 0) is 11.2 Å². The molecule has 0 bridgehead atoms. The van der Waals surface area contributed by atoms with E-state index in [1.54, 1.807) is 32.8 Å². The first-order valence-corrected chi connectivity index (χ1v) is 12.2. The van der Waals surface area contributed by atoms with Crippen LogP contribution < -0.4 is 15.1 Å². The number of carbonyl (C=O) groups excluding carboxylic acids is 2. The van der Waals surface area contributed by atoms with Gasteiger partial charge in [0.1, 0.15) is 11.4 Å². The molecule has 11 heteroatoms. The van der Waals surface area contributed by atoms with Crippen LogP contribution in [-0.4, -0.2) is 74.4 Å². The number of amides is 3. The van der Waals surface area contributed by atoms with Crippen molar-refractivity contribution in [1.29, 1.82) is 0 Å². The second-order valence-corrected chi connectivity index (χ2v) is 10.4. The lowest BCUT2D eigenvalue weighted by molar-refractivity contribution is 0.0159. The minimum Gasteiger partial charge on any atom is -0.444 e. The summed E-state index contributed by atoms with van der Waals surface area (Å²) in [6, 6.07) is 3.51. The third kappa shape index (κ3) is 4.65. The van der Waals surface area contributed by atoms with Crippen LogP contribution in [0.2, 0.25) is 0 Å². The molecule has 0 aromatic carbocycles. The summed E-state index contributed by atoms with van der Waals surface area (Å²) in [5.74, 6) is 1.12. The highest BCUT2D eigenvalue weighted by Gasteiger charge is 2.34. The highest BCUT2D eigenvalue weighted by molar-refractivity contribution is 6.02. The number of piperazine rings is 1. The molecule has 1 saturated heterocycles. The molecule has 3 amide bonds. The number of hydrogen-bond acceptors (Lipinski definition) is 7. The van der Waals surface area contributed by atoms with Crippen molar-refractivity contribution in [3.8, 4) is 0 Å². The van der Waals surface area contributed by atoms with Crippen LogP contribution in [0, 0.1) is 6.92 Å². The molecule has 3 aromatic heterocycles. The van der Waals surface area contributed by atoms with Crippen molar-refractivity contribution in [3.05, 3.63) is 42.0 Å². The highest BCUT2D eigenvalue weighted by atomic mass is 16.6. The predicted octanol–water partition coefficient (Wildman–Crippen LogP) is 3.47. The largest absolute Gasteiger partial charge is 0.444 e. The molecule has 5 rings (SSSR count). The number of fused-ring (bicyclic) bond motifs is 2. The summed E-state index contributed by atoms with van der Waals surface area (Å²) in [7, 11) is 0. The maximum atomic E-state index is 13.1. The van der Waals surface area contributed by atoms with Gasteiger partial charge >= 0.3 is 12.1 Å². The lowest BCUT2D eigenvalue weighted by Crippen LogP contribution is -2.55. The fraction of sp³-hybridized carbons (Fsp3) is 0.480. The van der Waals surface area contributed by atoms with Gasteiger partial charge in [0.25, 0.3) is 0 Å². The van der Waals surface area contributed by atoms with E-state index in [1.165, 1.54) is 0 Å². The normalized spacial score (nSPS) is 17.9. The van der Waals surface area contributed by atoms with Gasteiger partial charge in [0, 0.05) is 55.7 Å². The molecule has 3 aromatic rings. The molecule has 0 unspecified atom stereocenters. The van der Waals surface area contributed by atoms with Crippen LogP contribution in [0.4, 0.5) is 26.9 Å². The molecule has 5 heterocycles. The van der Waals surface area contributed by atoms with Crippen molar-refractivity contribution in [2.24, 2.45) is 0 Å². The maximum absolute atomic E-state index is 13.1. The molecule has 190 valence electrons. The molecule has 1 N–H and O–H groups in total. The van der Waals surface area contributed by atoms with Gasteiger partial charge in [0.2, 0.25) is 0 Å². The number of aromatic nitrogens is 4. The molecule has 1 atom stereocenters. The van der Waals surface area contributed by atoms with Gasteiger partial charge in [-0.1, -0.05) is 0 Å².